The molecule has 0 radical (unpaired) electrons. The maximum Gasteiger partial charge on any atom is 0.421 e. The van der Waals surface area contributed by atoms with Crippen LogP contribution in [-0.4, -0.2) is 14.7 Å². The van der Waals surface area contributed by atoms with E-state index in [1.54, 1.807) is 18.2 Å². The van der Waals surface area contributed by atoms with Crippen molar-refractivity contribution >= 4 is 11.2 Å². The molecule has 2 heterocycles. The summed E-state index contributed by atoms with van der Waals surface area (Å²) in [7, 11) is 0. The third-order valence-electron chi connectivity index (χ3n) is 3.04. The Morgan fingerprint density at radius 2 is 2.10 bits per heavy atom. The third-order valence-corrected chi connectivity index (χ3v) is 3.04. The van der Waals surface area contributed by atoms with Crippen LogP contribution in [0.4, 0.5) is 4.39 Å². The van der Waals surface area contributed by atoms with Gasteiger partial charge in [-0.1, -0.05) is 18.2 Å². The number of benzene rings is 1. The molecule has 0 fully saturated rings. The summed E-state index contributed by atoms with van der Waals surface area (Å²) in [5.41, 5.74) is 0.788. The average molecular weight is 274 g/mol. The van der Waals surface area contributed by atoms with Gasteiger partial charge in [0.2, 0.25) is 0 Å². The highest BCUT2D eigenvalue weighted by Crippen LogP contribution is 2.19. The lowest BCUT2D eigenvalue weighted by Crippen LogP contribution is -2.19. The van der Waals surface area contributed by atoms with Crippen LogP contribution in [-0.2, 0) is 6.54 Å². The molecule has 1 unspecified atom stereocenters. The van der Waals surface area contributed by atoms with E-state index in [0.717, 1.165) is 0 Å². The standard InChI is InChI=1S/C14H11FN2O3/c15-10-5-2-1-4-9(10)11(18)8-17-13-12(20-14(17)19)6-3-7-16-13/h1-7,11,18H,8H2. The van der Waals surface area contributed by atoms with Crippen LogP contribution in [0.2, 0.25) is 0 Å². The Hall–Kier alpha value is -2.47. The number of nitrogens with zero attached hydrogens (tertiary/aromatic N) is 2. The molecule has 6 heteroatoms. The number of pyridine rings is 1. The zero-order valence-electron chi connectivity index (χ0n) is 10.4. The van der Waals surface area contributed by atoms with Crippen molar-refractivity contribution in [2.45, 2.75) is 12.6 Å². The Balaban J connectivity index is 2.00. The Morgan fingerprint density at radius 1 is 1.30 bits per heavy atom. The summed E-state index contributed by atoms with van der Waals surface area (Å²) in [6, 6.07) is 9.13. The topological polar surface area (TPSA) is 68.3 Å². The Bertz CT molecular complexity index is 809. The second kappa shape index (κ2) is 4.90. The fourth-order valence-electron chi connectivity index (χ4n) is 2.08. The summed E-state index contributed by atoms with van der Waals surface area (Å²) in [5.74, 6) is -1.15. The molecule has 5 nitrogen and oxygen atoms in total. The first-order valence-electron chi connectivity index (χ1n) is 6.03. The van der Waals surface area contributed by atoms with Crippen molar-refractivity contribution in [3.8, 4) is 0 Å². The number of aromatic nitrogens is 2. The first-order chi connectivity index (χ1) is 9.66. The maximum atomic E-state index is 13.6. The Kier molecular flexibility index (Phi) is 3.08. The molecule has 2 aromatic heterocycles. The largest absolute Gasteiger partial charge is 0.421 e. The van der Waals surface area contributed by atoms with E-state index in [1.165, 1.54) is 29.0 Å². The number of rotatable bonds is 3. The van der Waals surface area contributed by atoms with E-state index in [2.05, 4.69) is 4.98 Å². The highest BCUT2D eigenvalue weighted by molar-refractivity contribution is 5.67. The predicted molar refractivity (Wildman–Crippen MR) is 69.6 cm³/mol. The first-order valence-corrected chi connectivity index (χ1v) is 6.03. The summed E-state index contributed by atoms with van der Waals surface area (Å²) in [6.07, 6.45) is 0.361. The molecule has 0 amide bonds. The number of oxazole rings is 1. The molecule has 0 aliphatic heterocycles. The van der Waals surface area contributed by atoms with Gasteiger partial charge in [-0.25, -0.2) is 14.2 Å². The fourth-order valence-corrected chi connectivity index (χ4v) is 2.08. The van der Waals surface area contributed by atoms with Crippen LogP contribution in [0.15, 0.2) is 51.8 Å². The van der Waals surface area contributed by atoms with Gasteiger partial charge in [0, 0.05) is 11.8 Å². The van der Waals surface area contributed by atoms with Gasteiger partial charge in [-0.3, -0.25) is 4.57 Å². The number of aliphatic hydroxyl groups excluding tert-OH is 1. The number of hydrogen-bond donors (Lipinski definition) is 1. The van der Waals surface area contributed by atoms with Gasteiger partial charge in [-0.15, -0.1) is 0 Å². The average Bonchev–Trinajstić information content (AvgIpc) is 2.76. The van der Waals surface area contributed by atoms with Gasteiger partial charge in [0.1, 0.15) is 5.82 Å². The normalized spacial score (nSPS) is 12.7. The molecule has 3 aromatic rings. The molecule has 20 heavy (non-hydrogen) atoms. The second-order valence-electron chi connectivity index (χ2n) is 4.34. The van der Waals surface area contributed by atoms with E-state index in [0.29, 0.717) is 11.2 Å². The number of hydrogen-bond acceptors (Lipinski definition) is 4. The predicted octanol–water partition coefficient (Wildman–Crippen LogP) is 1.86. The molecule has 0 saturated heterocycles. The third kappa shape index (κ3) is 2.10. The van der Waals surface area contributed by atoms with Crippen molar-refractivity contribution in [3.63, 3.8) is 0 Å². The molecule has 1 aromatic carbocycles. The number of halogens is 1. The lowest BCUT2D eigenvalue weighted by Gasteiger charge is -2.11. The van der Waals surface area contributed by atoms with Crippen molar-refractivity contribution in [2.75, 3.05) is 0 Å². The van der Waals surface area contributed by atoms with Crippen molar-refractivity contribution in [1.29, 1.82) is 0 Å². The van der Waals surface area contributed by atoms with E-state index < -0.39 is 17.7 Å². The number of aliphatic hydroxyl groups is 1. The van der Waals surface area contributed by atoms with Gasteiger partial charge in [0.05, 0.1) is 12.6 Å². The smallest absolute Gasteiger partial charge is 0.406 e. The summed E-state index contributed by atoms with van der Waals surface area (Å²) < 4.78 is 19.8. The molecule has 1 N–H and O–H groups in total. The van der Waals surface area contributed by atoms with Gasteiger partial charge in [0.15, 0.2) is 11.2 Å². The zero-order chi connectivity index (χ0) is 14.1. The van der Waals surface area contributed by atoms with E-state index in [1.807, 2.05) is 0 Å². The summed E-state index contributed by atoms with van der Waals surface area (Å²) in [5, 5.41) is 10.1. The van der Waals surface area contributed by atoms with Crippen LogP contribution in [0, 0.1) is 5.82 Å². The van der Waals surface area contributed by atoms with Gasteiger partial charge >= 0.3 is 5.76 Å². The monoisotopic (exact) mass is 274 g/mol. The van der Waals surface area contributed by atoms with Gasteiger partial charge in [0.25, 0.3) is 0 Å². The van der Waals surface area contributed by atoms with Gasteiger partial charge in [-0.2, -0.15) is 0 Å². The van der Waals surface area contributed by atoms with E-state index in [4.69, 9.17) is 4.42 Å². The molecule has 0 saturated carbocycles. The van der Waals surface area contributed by atoms with Crippen LogP contribution in [0.5, 0.6) is 0 Å². The molecule has 3 rings (SSSR count). The SMILES string of the molecule is O=c1oc2cccnc2n1CC(O)c1ccccc1F. The highest BCUT2D eigenvalue weighted by atomic mass is 19.1. The molecule has 102 valence electrons. The van der Waals surface area contributed by atoms with Gasteiger partial charge < -0.3 is 9.52 Å². The lowest BCUT2D eigenvalue weighted by molar-refractivity contribution is 0.150. The van der Waals surface area contributed by atoms with Crippen LogP contribution < -0.4 is 5.76 Å². The summed E-state index contributed by atoms with van der Waals surface area (Å²) in [6.45, 7) is -0.121. The van der Waals surface area contributed by atoms with E-state index in [-0.39, 0.29) is 12.1 Å². The maximum absolute atomic E-state index is 13.6. The number of fused-ring (bicyclic) bond motifs is 1. The minimum Gasteiger partial charge on any atom is -0.406 e. The van der Waals surface area contributed by atoms with Crippen LogP contribution in [0.3, 0.4) is 0 Å². The fraction of sp³-hybridized carbons (Fsp3) is 0.143. The van der Waals surface area contributed by atoms with Crippen molar-refractivity contribution in [1.82, 2.24) is 9.55 Å². The Labute approximate surface area is 112 Å². The van der Waals surface area contributed by atoms with Crippen LogP contribution in [0.1, 0.15) is 11.7 Å². The first kappa shape index (κ1) is 12.6. The minimum atomic E-state index is -1.16. The van der Waals surface area contributed by atoms with Crippen molar-refractivity contribution < 1.29 is 13.9 Å². The molecule has 0 bridgehead atoms. The molecule has 0 aliphatic carbocycles. The van der Waals surface area contributed by atoms with Crippen LogP contribution in [0.25, 0.3) is 11.2 Å². The zero-order valence-corrected chi connectivity index (χ0v) is 10.4. The molecular formula is C14H11FN2O3. The van der Waals surface area contributed by atoms with Crippen molar-refractivity contribution in [3.05, 3.63) is 64.5 Å². The summed E-state index contributed by atoms with van der Waals surface area (Å²) >= 11 is 0. The quantitative estimate of drug-likeness (QED) is 0.791. The van der Waals surface area contributed by atoms with Crippen molar-refractivity contribution in [2.24, 2.45) is 0 Å². The lowest BCUT2D eigenvalue weighted by atomic mass is 10.1. The second-order valence-corrected chi connectivity index (χ2v) is 4.34. The highest BCUT2D eigenvalue weighted by Gasteiger charge is 2.17. The Morgan fingerprint density at radius 3 is 2.90 bits per heavy atom. The van der Waals surface area contributed by atoms with E-state index in [9.17, 15) is 14.3 Å². The van der Waals surface area contributed by atoms with Crippen LogP contribution >= 0.6 is 0 Å². The van der Waals surface area contributed by atoms with Gasteiger partial charge in [-0.05, 0) is 18.2 Å². The molecule has 0 aliphatic rings. The molecular weight excluding hydrogens is 263 g/mol. The molecule has 0 spiro atoms. The molecule has 1 atom stereocenters. The summed E-state index contributed by atoms with van der Waals surface area (Å²) in [4.78, 5) is 15.8. The minimum absolute atomic E-state index is 0.121. The van der Waals surface area contributed by atoms with E-state index >= 15 is 0 Å².